The first kappa shape index (κ1) is 13.3. The summed E-state index contributed by atoms with van der Waals surface area (Å²) in [6.45, 7) is 7.71. The number of thiophene rings is 1. The molecule has 1 aliphatic rings. The number of nitrogens with one attached hydrogen (secondary N) is 2. The SMILES string of the molecule is C=CC(=O)NC[C@@H](c1cccs1)[NH+]1CCOCC1. The highest BCUT2D eigenvalue weighted by Gasteiger charge is 2.27. The second-order valence-corrected chi connectivity index (χ2v) is 5.27. The van der Waals surface area contributed by atoms with Crippen LogP contribution in [0.15, 0.2) is 30.2 Å². The number of hydrogen-bond acceptors (Lipinski definition) is 3. The van der Waals surface area contributed by atoms with Crippen molar-refractivity contribution in [2.45, 2.75) is 6.04 Å². The van der Waals surface area contributed by atoms with E-state index in [0.29, 0.717) is 12.6 Å². The van der Waals surface area contributed by atoms with E-state index in [1.807, 2.05) is 0 Å². The molecule has 1 aromatic heterocycles. The Morgan fingerprint density at radius 3 is 3.00 bits per heavy atom. The Hall–Kier alpha value is -1.17. The lowest BCUT2D eigenvalue weighted by molar-refractivity contribution is -0.937. The zero-order valence-corrected chi connectivity index (χ0v) is 11.2. The summed E-state index contributed by atoms with van der Waals surface area (Å²) in [4.78, 5) is 14.1. The van der Waals surface area contributed by atoms with Gasteiger partial charge in [-0.1, -0.05) is 12.6 Å². The molecular weight excluding hydrogens is 248 g/mol. The standard InChI is InChI=1S/C13H18N2O2S/c1-2-13(16)14-10-11(12-4-3-9-18-12)15-5-7-17-8-6-15/h2-4,9,11H,1,5-8,10H2,(H,14,16)/p+1/t11-/m0/s1. The Morgan fingerprint density at radius 1 is 1.61 bits per heavy atom. The number of carbonyl (C=O) groups is 1. The van der Waals surface area contributed by atoms with Gasteiger partial charge in [0.25, 0.3) is 0 Å². The number of hydrogen-bond donors (Lipinski definition) is 2. The van der Waals surface area contributed by atoms with Crippen LogP contribution in [-0.4, -0.2) is 38.8 Å². The number of ether oxygens (including phenoxy) is 1. The van der Waals surface area contributed by atoms with Gasteiger partial charge in [-0.25, -0.2) is 0 Å². The third kappa shape index (κ3) is 3.41. The minimum Gasteiger partial charge on any atom is -0.370 e. The summed E-state index contributed by atoms with van der Waals surface area (Å²) in [6.07, 6.45) is 1.32. The molecule has 4 nitrogen and oxygen atoms in total. The fourth-order valence-corrected chi connectivity index (χ4v) is 3.08. The fourth-order valence-electron chi connectivity index (χ4n) is 2.19. The van der Waals surface area contributed by atoms with Gasteiger partial charge in [0.2, 0.25) is 5.91 Å². The van der Waals surface area contributed by atoms with Crippen molar-refractivity contribution in [3.05, 3.63) is 35.0 Å². The van der Waals surface area contributed by atoms with Gasteiger partial charge in [-0.2, -0.15) is 0 Å². The molecule has 18 heavy (non-hydrogen) atoms. The molecule has 0 aromatic carbocycles. The number of morpholine rings is 1. The zero-order chi connectivity index (χ0) is 12.8. The largest absolute Gasteiger partial charge is 0.370 e. The fraction of sp³-hybridized carbons (Fsp3) is 0.462. The van der Waals surface area contributed by atoms with Crippen molar-refractivity contribution in [3.63, 3.8) is 0 Å². The quantitative estimate of drug-likeness (QED) is 0.738. The van der Waals surface area contributed by atoms with Gasteiger partial charge in [-0.05, 0) is 17.5 Å². The van der Waals surface area contributed by atoms with Gasteiger partial charge in [0.15, 0.2) is 0 Å². The van der Waals surface area contributed by atoms with Gasteiger partial charge in [-0.3, -0.25) is 4.79 Å². The van der Waals surface area contributed by atoms with Crippen molar-refractivity contribution in [2.75, 3.05) is 32.8 Å². The molecule has 98 valence electrons. The van der Waals surface area contributed by atoms with E-state index in [2.05, 4.69) is 29.4 Å². The lowest BCUT2D eigenvalue weighted by Gasteiger charge is -2.31. The predicted octanol–water partition coefficient (Wildman–Crippen LogP) is 0.00650. The molecule has 1 saturated heterocycles. The van der Waals surface area contributed by atoms with Crippen LogP contribution in [0.5, 0.6) is 0 Å². The molecule has 5 heteroatoms. The normalized spacial score (nSPS) is 18.2. The zero-order valence-electron chi connectivity index (χ0n) is 10.4. The van der Waals surface area contributed by atoms with Gasteiger partial charge in [0.05, 0.1) is 24.6 Å². The predicted molar refractivity (Wildman–Crippen MR) is 71.8 cm³/mol. The van der Waals surface area contributed by atoms with E-state index in [1.54, 1.807) is 11.3 Å². The van der Waals surface area contributed by atoms with E-state index in [4.69, 9.17) is 4.74 Å². The molecule has 2 N–H and O–H groups in total. The highest BCUT2D eigenvalue weighted by atomic mass is 32.1. The lowest BCUT2D eigenvalue weighted by atomic mass is 10.2. The summed E-state index contributed by atoms with van der Waals surface area (Å²) in [6, 6.07) is 4.51. The molecule has 1 amide bonds. The average Bonchev–Trinajstić information content (AvgIpc) is 2.94. The Morgan fingerprint density at radius 2 is 2.39 bits per heavy atom. The number of quaternary nitrogens is 1. The Kier molecular flexibility index (Phi) is 4.92. The molecule has 2 rings (SSSR count). The number of carbonyl (C=O) groups excluding carboxylic acids is 1. The Labute approximate surface area is 111 Å². The Balaban J connectivity index is 2.02. The molecule has 1 atom stereocenters. The molecule has 0 unspecified atom stereocenters. The smallest absolute Gasteiger partial charge is 0.243 e. The first-order valence-electron chi connectivity index (χ1n) is 6.17. The highest BCUT2D eigenvalue weighted by molar-refractivity contribution is 7.10. The van der Waals surface area contributed by atoms with E-state index in [0.717, 1.165) is 26.3 Å². The van der Waals surface area contributed by atoms with Crippen LogP contribution in [0.1, 0.15) is 10.9 Å². The summed E-state index contributed by atoms with van der Waals surface area (Å²) in [5.74, 6) is -0.107. The van der Waals surface area contributed by atoms with Crippen LogP contribution in [0, 0.1) is 0 Å². The minimum atomic E-state index is -0.107. The maximum Gasteiger partial charge on any atom is 0.243 e. The first-order chi connectivity index (χ1) is 8.81. The van der Waals surface area contributed by atoms with E-state index in [-0.39, 0.29) is 5.91 Å². The van der Waals surface area contributed by atoms with Crippen molar-refractivity contribution in [3.8, 4) is 0 Å². The first-order valence-corrected chi connectivity index (χ1v) is 7.05. The van der Waals surface area contributed by atoms with Crippen LogP contribution in [0.2, 0.25) is 0 Å². The van der Waals surface area contributed by atoms with Gasteiger partial charge in [-0.15, -0.1) is 11.3 Å². The molecule has 1 fully saturated rings. The third-order valence-corrected chi connectivity index (χ3v) is 4.17. The van der Waals surface area contributed by atoms with Gasteiger partial charge >= 0.3 is 0 Å². The van der Waals surface area contributed by atoms with Crippen molar-refractivity contribution in [1.82, 2.24) is 5.32 Å². The molecule has 0 radical (unpaired) electrons. The van der Waals surface area contributed by atoms with Crippen LogP contribution in [0.4, 0.5) is 0 Å². The second kappa shape index (κ2) is 6.68. The molecule has 0 bridgehead atoms. The second-order valence-electron chi connectivity index (χ2n) is 4.29. The van der Waals surface area contributed by atoms with Crippen LogP contribution >= 0.6 is 11.3 Å². The van der Waals surface area contributed by atoms with E-state index < -0.39 is 0 Å². The van der Waals surface area contributed by atoms with Gasteiger partial charge in [0, 0.05) is 0 Å². The van der Waals surface area contributed by atoms with Gasteiger partial charge < -0.3 is 15.0 Å². The van der Waals surface area contributed by atoms with Crippen molar-refractivity contribution < 1.29 is 14.4 Å². The summed E-state index contributed by atoms with van der Waals surface area (Å²) in [7, 11) is 0. The molecular formula is C13H19N2O2S+. The molecule has 0 saturated carbocycles. The topological polar surface area (TPSA) is 42.8 Å². The molecule has 0 spiro atoms. The van der Waals surface area contributed by atoms with Crippen LogP contribution in [0.25, 0.3) is 0 Å². The lowest BCUT2D eigenvalue weighted by Crippen LogP contribution is -3.15. The molecule has 1 aromatic rings. The van der Waals surface area contributed by atoms with Crippen molar-refractivity contribution in [1.29, 1.82) is 0 Å². The molecule has 0 aliphatic carbocycles. The summed E-state index contributed by atoms with van der Waals surface area (Å²) >= 11 is 1.75. The van der Waals surface area contributed by atoms with Crippen LogP contribution < -0.4 is 10.2 Å². The highest BCUT2D eigenvalue weighted by Crippen LogP contribution is 2.16. The summed E-state index contributed by atoms with van der Waals surface area (Å²) in [5, 5.41) is 4.99. The maximum atomic E-state index is 11.3. The maximum absolute atomic E-state index is 11.3. The summed E-state index contributed by atoms with van der Waals surface area (Å²) < 4.78 is 5.39. The van der Waals surface area contributed by atoms with Crippen molar-refractivity contribution in [2.24, 2.45) is 0 Å². The van der Waals surface area contributed by atoms with E-state index in [1.165, 1.54) is 15.9 Å². The van der Waals surface area contributed by atoms with Crippen molar-refractivity contribution >= 4 is 17.2 Å². The molecule has 1 aliphatic heterocycles. The van der Waals surface area contributed by atoms with Crippen LogP contribution in [0.3, 0.4) is 0 Å². The number of rotatable bonds is 5. The van der Waals surface area contributed by atoms with E-state index >= 15 is 0 Å². The van der Waals surface area contributed by atoms with E-state index in [9.17, 15) is 4.79 Å². The summed E-state index contributed by atoms with van der Waals surface area (Å²) in [5.41, 5.74) is 0. The van der Waals surface area contributed by atoms with Crippen LogP contribution in [-0.2, 0) is 9.53 Å². The van der Waals surface area contributed by atoms with Gasteiger partial charge in [0.1, 0.15) is 19.1 Å². The minimum absolute atomic E-state index is 0.107. The number of amides is 1. The monoisotopic (exact) mass is 267 g/mol. The molecule has 2 heterocycles. The Bertz CT molecular complexity index is 386. The third-order valence-electron chi connectivity index (χ3n) is 3.18. The average molecular weight is 267 g/mol.